The fourth-order valence-electron chi connectivity index (χ4n) is 4.62. The Morgan fingerprint density at radius 1 is 1.03 bits per heavy atom. The summed E-state index contributed by atoms with van der Waals surface area (Å²) < 4.78 is 28.0. The molecule has 1 saturated heterocycles. The zero-order chi connectivity index (χ0) is 27.3. The summed E-state index contributed by atoms with van der Waals surface area (Å²) in [4.78, 5) is 26.4. The van der Waals surface area contributed by atoms with Gasteiger partial charge in [-0.1, -0.05) is 65.7 Å². The molecule has 1 aliphatic heterocycles. The summed E-state index contributed by atoms with van der Waals surface area (Å²) in [6.07, 6.45) is 1.67. The molecule has 0 aromatic heterocycles. The van der Waals surface area contributed by atoms with Crippen molar-refractivity contribution >= 4 is 55.8 Å². The second-order valence-corrected chi connectivity index (χ2v) is 12.0. The number of carbonyl (C=O) groups excluding carboxylic acids is 2. The summed E-state index contributed by atoms with van der Waals surface area (Å²) in [6.45, 7) is 0.964. The molecule has 4 N–H and O–H groups in total. The van der Waals surface area contributed by atoms with E-state index in [1.807, 2.05) is 42.5 Å². The van der Waals surface area contributed by atoms with E-state index in [2.05, 4.69) is 10.6 Å². The van der Waals surface area contributed by atoms with Crippen LogP contribution in [0.15, 0.2) is 65.6 Å². The Balaban J connectivity index is 1.56. The third-order valence-electron chi connectivity index (χ3n) is 6.52. The van der Waals surface area contributed by atoms with Gasteiger partial charge in [0, 0.05) is 29.6 Å². The Morgan fingerprint density at radius 2 is 1.74 bits per heavy atom. The third kappa shape index (κ3) is 6.65. The zero-order valence-electron chi connectivity index (χ0n) is 20.7. The van der Waals surface area contributed by atoms with Gasteiger partial charge in [-0.15, -0.1) is 0 Å². The molecule has 0 saturated carbocycles. The Kier molecular flexibility index (Phi) is 9.27. The van der Waals surface area contributed by atoms with Crippen LogP contribution in [0.1, 0.15) is 24.8 Å². The van der Waals surface area contributed by atoms with Crippen LogP contribution >= 0.6 is 23.2 Å². The highest BCUT2D eigenvalue weighted by atomic mass is 35.5. The summed E-state index contributed by atoms with van der Waals surface area (Å²) in [7, 11) is -4.05. The second kappa shape index (κ2) is 12.4. The number of fused-ring (bicyclic) bond motifs is 1. The van der Waals surface area contributed by atoms with Crippen molar-refractivity contribution in [3.05, 3.63) is 76.3 Å². The normalized spacial score (nSPS) is 16.9. The van der Waals surface area contributed by atoms with Crippen LogP contribution in [0.25, 0.3) is 10.8 Å². The first kappa shape index (κ1) is 28.3. The molecule has 2 atom stereocenters. The van der Waals surface area contributed by atoms with E-state index in [9.17, 15) is 18.0 Å². The molecule has 4 rings (SSSR count). The van der Waals surface area contributed by atoms with E-state index in [-0.39, 0.29) is 33.8 Å². The summed E-state index contributed by atoms with van der Waals surface area (Å²) in [5.74, 6) is -0.882. The minimum Gasteiger partial charge on any atom is -0.354 e. The van der Waals surface area contributed by atoms with Gasteiger partial charge in [0.05, 0.1) is 4.90 Å². The Bertz CT molecular complexity index is 1410. The lowest BCUT2D eigenvalue weighted by Gasteiger charge is -2.26. The van der Waals surface area contributed by atoms with Gasteiger partial charge in [-0.25, -0.2) is 8.42 Å². The van der Waals surface area contributed by atoms with Gasteiger partial charge in [0.1, 0.15) is 12.1 Å². The molecule has 1 fully saturated rings. The highest BCUT2D eigenvalue weighted by Crippen LogP contribution is 2.30. The SMILES string of the molecule is NCCCNC(=O)[C@@H](Cc1ccc2ccccc2c1)NC(=O)C1CCCN1S(=O)(=O)c1cc(Cl)cc(Cl)c1. The second-order valence-electron chi connectivity index (χ2n) is 9.26. The minimum atomic E-state index is -4.05. The number of carbonyl (C=O) groups is 2. The van der Waals surface area contributed by atoms with Gasteiger partial charge in [-0.05, 0) is 60.3 Å². The number of nitrogens with one attached hydrogen (secondary N) is 2. The van der Waals surface area contributed by atoms with Crippen molar-refractivity contribution in [1.82, 2.24) is 14.9 Å². The fourth-order valence-corrected chi connectivity index (χ4v) is 7.00. The molecule has 1 unspecified atom stereocenters. The van der Waals surface area contributed by atoms with Crippen LogP contribution in [0.5, 0.6) is 0 Å². The number of halogens is 2. The number of nitrogens with two attached hydrogens (primary N) is 1. The molecule has 0 spiro atoms. The molecule has 3 aromatic carbocycles. The van der Waals surface area contributed by atoms with Crippen molar-refractivity contribution in [2.45, 2.75) is 42.7 Å². The van der Waals surface area contributed by atoms with Crippen LogP contribution in [0, 0.1) is 0 Å². The average Bonchev–Trinajstić information content (AvgIpc) is 3.39. The molecule has 11 heteroatoms. The number of hydrogen-bond acceptors (Lipinski definition) is 5. The first-order chi connectivity index (χ1) is 18.2. The van der Waals surface area contributed by atoms with Crippen LogP contribution in [0.4, 0.5) is 0 Å². The van der Waals surface area contributed by atoms with Gasteiger partial charge < -0.3 is 16.4 Å². The summed E-state index contributed by atoms with van der Waals surface area (Å²) >= 11 is 12.1. The zero-order valence-corrected chi connectivity index (χ0v) is 23.0. The lowest BCUT2D eigenvalue weighted by atomic mass is 10.0. The van der Waals surface area contributed by atoms with E-state index in [0.29, 0.717) is 32.4 Å². The quantitative estimate of drug-likeness (QED) is 0.319. The molecule has 0 aliphatic carbocycles. The van der Waals surface area contributed by atoms with Gasteiger partial charge in [-0.2, -0.15) is 4.31 Å². The monoisotopic (exact) mass is 576 g/mol. The van der Waals surface area contributed by atoms with Crippen LogP contribution < -0.4 is 16.4 Å². The van der Waals surface area contributed by atoms with Crippen LogP contribution in [0.3, 0.4) is 0 Å². The van der Waals surface area contributed by atoms with Gasteiger partial charge in [0.15, 0.2) is 0 Å². The molecule has 8 nitrogen and oxygen atoms in total. The van der Waals surface area contributed by atoms with Gasteiger partial charge in [-0.3, -0.25) is 9.59 Å². The lowest BCUT2D eigenvalue weighted by molar-refractivity contribution is -0.130. The molecule has 0 bridgehead atoms. The maximum absolute atomic E-state index is 13.4. The van der Waals surface area contributed by atoms with E-state index >= 15 is 0 Å². The molecule has 0 radical (unpaired) electrons. The predicted molar refractivity (Wildman–Crippen MR) is 150 cm³/mol. The summed E-state index contributed by atoms with van der Waals surface area (Å²) in [5, 5.41) is 8.09. The molecule has 202 valence electrons. The van der Waals surface area contributed by atoms with Gasteiger partial charge in [0.25, 0.3) is 0 Å². The number of benzene rings is 3. The summed E-state index contributed by atoms with van der Waals surface area (Å²) in [5.41, 5.74) is 6.42. The highest BCUT2D eigenvalue weighted by molar-refractivity contribution is 7.89. The lowest BCUT2D eigenvalue weighted by Crippen LogP contribution is -2.54. The number of hydrogen-bond donors (Lipinski definition) is 3. The minimum absolute atomic E-state index is 0.0815. The van der Waals surface area contributed by atoms with E-state index in [1.54, 1.807) is 0 Å². The first-order valence-electron chi connectivity index (χ1n) is 12.4. The third-order valence-corrected chi connectivity index (χ3v) is 8.84. The number of amides is 2. The molecule has 38 heavy (non-hydrogen) atoms. The predicted octanol–water partition coefficient (Wildman–Crippen LogP) is 3.49. The number of nitrogens with zero attached hydrogens (tertiary/aromatic N) is 1. The molecule has 2 amide bonds. The Labute approximate surface area is 232 Å². The number of rotatable bonds is 10. The van der Waals surface area contributed by atoms with Crippen molar-refractivity contribution in [1.29, 1.82) is 0 Å². The average molecular weight is 578 g/mol. The molecule has 1 heterocycles. The topological polar surface area (TPSA) is 122 Å². The van der Waals surface area contributed by atoms with Crippen molar-refractivity contribution in [2.24, 2.45) is 5.73 Å². The molecule has 1 aliphatic rings. The van der Waals surface area contributed by atoms with Gasteiger partial charge >= 0.3 is 0 Å². The molecule has 3 aromatic rings. The van der Waals surface area contributed by atoms with E-state index < -0.39 is 28.0 Å². The first-order valence-corrected chi connectivity index (χ1v) is 14.6. The van der Waals surface area contributed by atoms with E-state index in [0.717, 1.165) is 20.6 Å². The number of sulfonamides is 1. The maximum Gasteiger partial charge on any atom is 0.243 e. The standard InChI is InChI=1S/C27H30Cl2N4O4S/c28-21-15-22(29)17-23(16-21)38(36,37)33-12-3-7-25(33)27(35)32-24(26(34)31-11-4-10-30)14-18-8-9-19-5-1-2-6-20(19)13-18/h1-2,5-6,8-9,13,15-17,24-25H,3-4,7,10-12,14,30H2,(H,31,34)(H,32,35)/t24-,25?/m1/s1. The van der Waals surface area contributed by atoms with Crippen molar-refractivity contribution in [2.75, 3.05) is 19.6 Å². The molecular weight excluding hydrogens is 547 g/mol. The highest BCUT2D eigenvalue weighted by Gasteiger charge is 2.40. The Morgan fingerprint density at radius 3 is 2.45 bits per heavy atom. The molecular formula is C27H30Cl2N4O4S. The van der Waals surface area contributed by atoms with Crippen LogP contribution in [-0.4, -0.2) is 56.3 Å². The smallest absolute Gasteiger partial charge is 0.243 e. The summed E-state index contributed by atoms with van der Waals surface area (Å²) in [6, 6.07) is 15.9. The van der Waals surface area contributed by atoms with E-state index in [1.165, 1.54) is 18.2 Å². The van der Waals surface area contributed by atoms with Crippen molar-refractivity contribution < 1.29 is 18.0 Å². The Hall–Kier alpha value is -2.69. The van der Waals surface area contributed by atoms with E-state index in [4.69, 9.17) is 28.9 Å². The maximum atomic E-state index is 13.4. The van der Waals surface area contributed by atoms with Crippen molar-refractivity contribution in [3.8, 4) is 0 Å². The van der Waals surface area contributed by atoms with Crippen LogP contribution in [-0.2, 0) is 26.0 Å². The largest absolute Gasteiger partial charge is 0.354 e. The van der Waals surface area contributed by atoms with Gasteiger partial charge in [0.2, 0.25) is 21.8 Å². The fraction of sp³-hybridized carbons (Fsp3) is 0.333. The van der Waals surface area contributed by atoms with Crippen molar-refractivity contribution in [3.63, 3.8) is 0 Å². The van der Waals surface area contributed by atoms with Crippen LogP contribution in [0.2, 0.25) is 10.0 Å².